The molecule has 0 aliphatic carbocycles. The van der Waals surface area contributed by atoms with Crippen LogP contribution in [0.25, 0.3) is 0 Å². The first-order valence-corrected chi connectivity index (χ1v) is 6.33. The van der Waals surface area contributed by atoms with Crippen molar-refractivity contribution in [2.75, 3.05) is 20.3 Å². The predicted octanol–water partition coefficient (Wildman–Crippen LogP) is 1.01. The molecule has 1 aromatic rings. The molecule has 1 aromatic heterocycles. The summed E-state index contributed by atoms with van der Waals surface area (Å²) in [5.74, 6) is 0.447. The molecule has 0 aromatic carbocycles. The average molecular weight is 240 g/mol. The third kappa shape index (κ3) is 4.09. The smallest absolute Gasteiger partial charge is 0.0871 e. The van der Waals surface area contributed by atoms with E-state index in [4.69, 9.17) is 10.5 Å². The van der Waals surface area contributed by atoms with Crippen LogP contribution in [0, 0.1) is 5.92 Å². The van der Waals surface area contributed by atoms with E-state index in [1.807, 2.05) is 4.68 Å². The first kappa shape index (κ1) is 14.1. The number of hydrogen-bond donors (Lipinski definition) is 1. The summed E-state index contributed by atoms with van der Waals surface area (Å²) in [7, 11) is 1.73. The van der Waals surface area contributed by atoms with Gasteiger partial charge in [-0.1, -0.05) is 25.5 Å². The maximum absolute atomic E-state index is 5.59. The molecule has 2 N–H and O–H groups in total. The van der Waals surface area contributed by atoms with Gasteiger partial charge in [0.1, 0.15) is 0 Å². The number of ether oxygens (including phenoxy) is 1. The topological polar surface area (TPSA) is 66.0 Å². The summed E-state index contributed by atoms with van der Waals surface area (Å²) in [4.78, 5) is 0. The highest BCUT2D eigenvalue weighted by Crippen LogP contribution is 2.11. The minimum absolute atomic E-state index is 0.447. The van der Waals surface area contributed by atoms with Gasteiger partial charge in [0.25, 0.3) is 0 Å². The van der Waals surface area contributed by atoms with E-state index in [9.17, 15) is 0 Å². The standard InChI is InChI=1S/C12H24N4O/c1-4-5-12-11(6-7-13)14-15-16(12)8-10(2)9-17-3/h10H,4-9,13H2,1-3H3. The number of aromatic nitrogens is 3. The molecule has 0 saturated carbocycles. The van der Waals surface area contributed by atoms with Crippen molar-refractivity contribution in [1.82, 2.24) is 15.0 Å². The molecule has 1 rings (SSSR count). The Morgan fingerprint density at radius 1 is 1.41 bits per heavy atom. The van der Waals surface area contributed by atoms with Crippen LogP contribution in [0.3, 0.4) is 0 Å². The Hall–Kier alpha value is -0.940. The zero-order valence-corrected chi connectivity index (χ0v) is 11.1. The van der Waals surface area contributed by atoms with E-state index in [0.717, 1.165) is 38.1 Å². The average Bonchev–Trinajstić information content (AvgIpc) is 2.64. The SMILES string of the molecule is CCCc1c(CCN)nnn1CC(C)COC. The molecule has 1 heterocycles. The first-order chi connectivity index (χ1) is 8.22. The van der Waals surface area contributed by atoms with Crippen molar-refractivity contribution in [1.29, 1.82) is 0 Å². The van der Waals surface area contributed by atoms with Gasteiger partial charge in [-0.15, -0.1) is 5.10 Å². The first-order valence-electron chi connectivity index (χ1n) is 6.33. The molecule has 0 radical (unpaired) electrons. The Morgan fingerprint density at radius 3 is 2.76 bits per heavy atom. The van der Waals surface area contributed by atoms with Gasteiger partial charge in [0.05, 0.1) is 18.0 Å². The van der Waals surface area contributed by atoms with Crippen molar-refractivity contribution < 1.29 is 4.74 Å². The van der Waals surface area contributed by atoms with Crippen molar-refractivity contribution in [3.63, 3.8) is 0 Å². The van der Waals surface area contributed by atoms with E-state index >= 15 is 0 Å². The lowest BCUT2D eigenvalue weighted by Crippen LogP contribution is -2.16. The second-order valence-corrected chi connectivity index (χ2v) is 4.51. The summed E-state index contributed by atoms with van der Waals surface area (Å²) < 4.78 is 7.16. The van der Waals surface area contributed by atoms with Crippen molar-refractivity contribution in [2.45, 2.75) is 39.7 Å². The highest BCUT2D eigenvalue weighted by atomic mass is 16.5. The molecule has 0 aliphatic rings. The third-order valence-electron chi connectivity index (χ3n) is 2.72. The summed E-state index contributed by atoms with van der Waals surface area (Å²) in [6.45, 7) is 6.56. The predicted molar refractivity (Wildman–Crippen MR) is 67.8 cm³/mol. The Labute approximate surface area is 103 Å². The summed E-state index contributed by atoms with van der Waals surface area (Å²) in [6.07, 6.45) is 2.93. The molecule has 1 unspecified atom stereocenters. The van der Waals surface area contributed by atoms with Crippen molar-refractivity contribution in [3.8, 4) is 0 Å². The second-order valence-electron chi connectivity index (χ2n) is 4.51. The van der Waals surface area contributed by atoms with Gasteiger partial charge < -0.3 is 10.5 Å². The minimum Gasteiger partial charge on any atom is -0.384 e. The van der Waals surface area contributed by atoms with E-state index in [1.54, 1.807) is 7.11 Å². The Morgan fingerprint density at radius 2 is 2.18 bits per heavy atom. The van der Waals surface area contributed by atoms with Gasteiger partial charge in [0.15, 0.2) is 0 Å². The third-order valence-corrected chi connectivity index (χ3v) is 2.72. The molecule has 17 heavy (non-hydrogen) atoms. The zero-order valence-electron chi connectivity index (χ0n) is 11.1. The summed E-state index contributed by atoms with van der Waals surface area (Å²) in [5, 5.41) is 8.46. The highest BCUT2D eigenvalue weighted by molar-refractivity contribution is 5.11. The van der Waals surface area contributed by atoms with E-state index in [-0.39, 0.29) is 0 Å². The Kier molecular flexibility index (Phi) is 6.15. The summed E-state index contributed by atoms with van der Waals surface area (Å²) >= 11 is 0. The van der Waals surface area contributed by atoms with Crippen LogP contribution in [0.5, 0.6) is 0 Å². The maximum atomic E-state index is 5.59. The number of methoxy groups -OCH3 is 1. The van der Waals surface area contributed by atoms with Gasteiger partial charge in [-0.05, 0) is 18.9 Å². The highest BCUT2D eigenvalue weighted by Gasteiger charge is 2.13. The van der Waals surface area contributed by atoms with Gasteiger partial charge in [-0.25, -0.2) is 4.68 Å². The fraction of sp³-hybridized carbons (Fsp3) is 0.833. The van der Waals surface area contributed by atoms with Gasteiger partial charge >= 0.3 is 0 Å². The molecular formula is C12H24N4O. The van der Waals surface area contributed by atoms with Crippen LogP contribution in [-0.2, 0) is 24.1 Å². The lowest BCUT2D eigenvalue weighted by atomic mass is 10.1. The van der Waals surface area contributed by atoms with E-state index in [0.29, 0.717) is 12.5 Å². The van der Waals surface area contributed by atoms with E-state index < -0.39 is 0 Å². The number of nitrogens with zero attached hydrogens (tertiary/aromatic N) is 3. The molecule has 0 amide bonds. The monoisotopic (exact) mass is 240 g/mol. The number of rotatable bonds is 8. The van der Waals surface area contributed by atoms with Crippen LogP contribution in [0.2, 0.25) is 0 Å². The lowest BCUT2D eigenvalue weighted by Gasteiger charge is -2.12. The van der Waals surface area contributed by atoms with Crippen LogP contribution in [0.4, 0.5) is 0 Å². The van der Waals surface area contributed by atoms with Gasteiger partial charge in [-0.3, -0.25) is 0 Å². The van der Waals surface area contributed by atoms with Gasteiger partial charge in [0.2, 0.25) is 0 Å². The Bertz CT molecular complexity index is 324. The Balaban J connectivity index is 2.75. The molecule has 0 fully saturated rings. The summed E-state index contributed by atoms with van der Waals surface area (Å²) in [6, 6.07) is 0. The number of hydrogen-bond acceptors (Lipinski definition) is 4. The van der Waals surface area contributed by atoms with Gasteiger partial charge in [0, 0.05) is 20.1 Å². The van der Waals surface area contributed by atoms with Crippen LogP contribution < -0.4 is 5.73 Å². The zero-order chi connectivity index (χ0) is 12.7. The van der Waals surface area contributed by atoms with Gasteiger partial charge in [-0.2, -0.15) is 0 Å². The van der Waals surface area contributed by atoms with Crippen LogP contribution >= 0.6 is 0 Å². The van der Waals surface area contributed by atoms with E-state index in [2.05, 4.69) is 24.2 Å². The molecule has 0 bridgehead atoms. The molecule has 5 heteroatoms. The van der Waals surface area contributed by atoms with Crippen LogP contribution in [-0.4, -0.2) is 35.3 Å². The number of nitrogens with two attached hydrogens (primary N) is 1. The largest absolute Gasteiger partial charge is 0.384 e. The van der Waals surface area contributed by atoms with Crippen molar-refractivity contribution in [2.24, 2.45) is 11.7 Å². The van der Waals surface area contributed by atoms with E-state index in [1.165, 1.54) is 5.69 Å². The lowest BCUT2D eigenvalue weighted by molar-refractivity contribution is 0.148. The normalized spacial score (nSPS) is 12.9. The molecule has 0 aliphatic heterocycles. The maximum Gasteiger partial charge on any atom is 0.0871 e. The molecule has 5 nitrogen and oxygen atoms in total. The van der Waals surface area contributed by atoms with Crippen LogP contribution in [0.1, 0.15) is 31.7 Å². The molecule has 98 valence electrons. The molecular weight excluding hydrogens is 216 g/mol. The molecule has 0 spiro atoms. The second kappa shape index (κ2) is 7.40. The molecule has 1 atom stereocenters. The quantitative estimate of drug-likeness (QED) is 0.736. The fourth-order valence-electron chi connectivity index (χ4n) is 1.99. The fourth-order valence-corrected chi connectivity index (χ4v) is 1.99. The van der Waals surface area contributed by atoms with Crippen molar-refractivity contribution in [3.05, 3.63) is 11.4 Å². The van der Waals surface area contributed by atoms with Crippen molar-refractivity contribution >= 4 is 0 Å². The van der Waals surface area contributed by atoms with Crippen LogP contribution in [0.15, 0.2) is 0 Å². The minimum atomic E-state index is 0.447. The summed E-state index contributed by atoms with van der Waals surface area (Å²) in [5.41, 5.74) is 7.88. The molecule has 0 saturated heterocycles.